The molecule has 0 saturated heterocycles. The highest BCUT2D eigenvalue weighted by molar-refractivity contribution is 8.01. The Hall–Kier alpha value is -2.18. The molecule has 0 aromatic carbocycles. The van der Waals surface area contributed by atoms with E-state index >= 15 is 0 Å². The average Bonchev–Trinajstić information content (AvgIpc) is 2.98. The summed E-state index contributed by atoms with van der Waals surface area (Å²) in [7, 11) is 0. The number of pyridine rings is 1. The Bertz CT molecular complexity index is 789. The van der Waals surface area contributed by atoms with Crippen molar-refractivity contribution in [2.24, 2.45) is 0 Å². The number of anilines is 1. The molecule has 0 N–H and O–H groups in total. The van der Waals surface area contributed by atoms with Crippen molar-refractivity contribution < 1.29 is 18.0 Å². The number of amides is 1. The van der Waals surface area contributed by atoms with Crippen molar-refractivity contribution in [3.63, 3.8) is 0 Å². The molecule has 0 aliphatic rings. The van der Waals surface area contributed by atoms with Gasteiger partial charge < -0.3 is 0 Å². The van der Waals surface area contributed by atoms with E-state index in [1.165, 1.54) is 17.1 Å². The number of carbonyl (C=O) groups excluding carboxylic acids is 1. The van der Waals surface area contributed by atoms with Crippen LogP contribution in [0, 0.1) is 12.3 Å². The number of terminal acetylenes is 1. The zero-order chi connectivity index (χ0) is 19.2. The molecule has 138 valence electrons. The molecule has 5 nitrogen and oxygen atoms in total. The van der Waals surface area contributed by atoms with Gasteiger partial charge in [0.05, 0.1) is 24.5 Å². The van der Waals surface area contributed by atoms with Crippen molar-refractivity contribution in [1.82, 2.24) is 14.8 Å². The third kappa shape index (κ3) is 5.68. The van der Waals surface area contributed by atoms with Crippen molar-refractivity contribution in [2.45, 2.75) is 25.4 Å². The lowest BCUT2D eigenvalue weighted by Crippen LogP contribution is -2.25. The summed E-state index contributed by atoms with van der Waals surface area (Å²) in [6.07, 6.45) is 4.55. The molecule has 0 atom stereocenters. The molecule has 1 amide bonds. The summed E-state index contributed by atoms with van der Waals surface area (Å²) < 4.78 is 39.8. The van der Waals surface area contributed by atoms with E-state index in [1.54, 1.807) is 18.3 Å². The number of halogens is 4. The minimum Gasteiger partial charge on any atom is -0.274 e. The van der Waals surface area contributed by atoms with E-state index in [0.717, 1.165) is 16.3 Å². The SMILES string of the molecule is C#CCCC(=O)N(SCCC(F)(F)F)c1cn(-c2cccnc2)nc1Cl. The molecule has 2 rings (SSSR count). The van der Waals surface area contributed by atoms with Gasteiger partial charge in [-0.1, -0.05) is 11.6 Å². The van der Waals surface area contributed by atoms with E-state index in [0.29, 0.717) is 5.69 Å². The van der Waals surface area contributed by atoms with Gasteiger partial charge in [-0.05, 0) is 24.1 Å². The van der Waals surface area contributed by atoms with Gasteiger partial charge in [0.25, 0.3) is 0 Å². The van der Waals surface area contributed by atoms with E-state index in [9.17, 15) is 18.0 Å². The molecule has 10 heteroatoms. The number of aromatic nitrogens is 3. The Labute approximate surface area is 157 Å². The number of hydrogen-bond donors (Lipinski definition) is 0. The van der Waals surface area contributed by atoms with Gasteiger partial charge >= 0.3 is 6.18 Å². The second kappa shape index (κ2) is 8.96. The zero-order valence-electron chi connectivity index (χ0n) is 13.4. The van der Waals surface area contributed by atoms with E-state index in [1.807, 2.05) is 0 Å². The Morgan fingerprint density at radius 3 is 2.85 bits per heavy atom. The lowest BCUT2D eigenvalue weighted by molar-refractivity contribution is -0.129. The van der Waals surface area contributed by atoms with Crippen LogP contribution < -0.4 is 4.31 Å². The Morgan fingerprint density at radius 1 is 1.46 bits per heavy atom. The van der Waals surface area contributed by atoms with Crippen LogP contribution in [0.25, 0.3) is 5.69 Å². The summed E-state index contributed by atoms with van der Waals surface area (Å²) in [4.78, 5) is 16.3. The van der Waals surface area contributed by atoms with Gasteiger partial charge in [-0.25, -0.2) is 8.99 Å². The van der Waals surface area contributed by atoms with Crippen LogP contribution in [0.3, 0.4) is 0 Å². The number of nitrogens with zero attached hydrogens (tertiary/aromatic N) is 4. The van der Waals surface area contributed by atoms with Crippen molar-refractivity contribution in [3.8, 4) is 18.0 Å². The van der Waals surface area contributed by atoms with Gasteiger partial charge in [-0.2, -0.15) is 18.3 Å². The summed E-state index contributed by atoms with van der Waals surface area (Å²) in [6.45, 7) is 0. The Morgan fingerprint density at radius 2 is 2.23 bits per heavy atom. The van der Waals surface area contributed by atoms with E-state index in [4.69, 9.17) is 18.0 Å². The van der Waals surface area contributed by atoms with Crippen molar-refractivity contribution >= 4 is 35.1 Å². The molecular formula is C16H14ClF3N4OS. The van der Waals surface area contributed by atoms with Crippen LogP contribution in [-0.4, -0.2) is 32.6 Å². The largest absolute Gasteiger partial charge is 0.389 e. The third-order valence-electron chi connectivity index (χ3n) is 3.10. The smallest absolute Gasteiger partial charge is 0.274 e. The molecule has 0 spiro atoms. The molecule has 2 aromatic rings. The predicted molar refractivity (Wildman–Crippen MR) is 95.1 cm³/mol. The third-order valence-corrected chi connectivity index (χ3v) is 4.41. The van der Waals surface area contributed by atoms with Crippen LogP contribution in [0.4, 0.5) is 18.9 Å². The maximum atomic E-state index is 12.4. The first-order chi connectivity index (χ1) is 12.3. The molecule has 0 aliphatic heterocycles. The fourth-order valence-corrected chi connectivity index (χ4v) is 3.19. The zero-order valence-corrected chi connectivity index (χ0v) is 15.0. The fraction of sp³-hybridized carbons (Fsp3) is 0.312. The van der Waals surface area contributed by atoms with Gasteiger partial charge in [0.2, 0.25) is 5.91 Å². The summed E-state index contributed by atoms with van der Waals surface area (Å²) in [6, 6.07) is 3.42. The minimum absolute atomic E-state index is 0.0100. The highest BCUT2D eigenvalue weighted by atomic mass is 35.5. The number of carbonyl (C=O) groups is 1. The number of hydrogen-bond acceptors (Lipinski definition) is 4. The van der Waals surface area contributed by atoms with Crippen molar-refractivity contribution in [2.75, 3.05) is 10.1 Å². The average molecular weight is 403 g/mol. The first-order valence-electron chi connectivity index (χ1n) is 7.43. The van der Waals surface area contributed by atoms with Crippen LogP contribution in [0.15, 0.2) is 30.7 Å². The van der Waals surface area contributed by atoms with Gasteiger partial charge in [-0.3, -0.25) is 9.78 Å². The number of alkyl halides is 3. The molecule has 26 heavy (non-hydrogen) atoms. The van der Waals surface area contributed by atoms with Crippen LogP contribution in [0.5, 0.6) is 0 Å². The molecule has 0 radical (unpaired) electrons. The molecule has 2 aromatic heterocycles. The van der Waals surface area contributed by atoms with E-state index in [-0.39, 0.29) is 29.4 Å². The highest BCUT2D eigenvalue weighted by Crippen LogP contribution is 2.33. The fourth-order valence-electron chi connectivity index (χ4n) is 1.91. The maximum Gasteiger partial charge on any atom is 0.389 e. The van der Waals surface area contributed by atoms with Gasteiger partial charge in [0.1, 0.15) is 5.69 Å². The second-order valence-electron chi connectivity index (χ2n) is 5.05. The van der Waals surface area contributed by atoms with Gasteiger partial charge in [0.15, 0.2) is 5.15 Å². The van der Waals surface area contributed by atoms with Crippen LogP contribution in [0.1, 0.15) is 19.3 Å². The first kappa shape index (κ1) is 20.1. The maximum absolute atomic E-state index is 12.4. The van der Waals surface area contributed by atoms with Crippen molar-refractivity contribution in [3.05, 3.63) is 35.9 Å². The summed E-state index contributed by atoms with van der Waals surface area (Å²) in [5, 5.41) is 4.08. The first-order valence-corrected chi connectivity index (χ1v) is 8.75. The Kier molecular flexibility index (Phi) is 6.94. The second-order valence-corrected chi connectivity index (χ2v) is 6.44. The standard InChI is InChI=1S/C16H14ClF3N4OS/c1-2-3-6-14(25)24(26-9-7-16(18,19)20)13-11-23(22-15(13)17)12-5-4-8-21-10-12/h1,4-5,8,10-11H,3,6-7,9H2. The lowest BCUT2D eigenvalue weighted by Gasteiger charge is -2.20. The van der Waals surface area contributed by atoms with E-state index in [2.05, 4.69) is 16.0 Å². The van der Waals surface area contributed by atoms with Crippen LogP contribution in [0.2, 0.25) is 5.15 Å². The van der Waals surface area contributed by atoms with Gasteiger partial charge in [0, 0.05) is 24.8 Å². The summed E-state index contributed by atoms with van der Waals surface area (Å²) in [5.74, 6) is 1.56. The van der Waals surface area contributed by atoms with Crippen LogP contribution >= 0.6 is 23.5 Å². The Balaban J connectivity index is 2.25. The number of rotatable bonds is 7. The molecule has 0 saturated carbocycles. The monoisotopic (exact) mass is 402 g/mol. The minimum atomic E-state index is -4.32. The molecule has 0 fully saturated rings. The quantitative estimate of drug-likeness (QED) is 0.512. The molecular weight excluding hydrogens is 389 g/mol. The summed E-state index contributed by atoms with van der Waals surface area (Å²) >= 11 is 6.84. The molecule has 2 heterocycles. The molecule has 0 bridgehead atoms. The van der Waals surface area contributed by atoms with Crippen molar-refractivity contribution in [1.29, 1.82) is 0 Å². The van der Waals surface area contributed by atoms with E-state index < -0.39 is 18.5 Å². The predicted octanol–water partition coefficient (Wildman–Crippen LogP) is 4.27. The molecule has 0 aliphatic carbocycles. The molecule has 0 unspecified atom stereocenters. The topological polar surface area (TPSA) is 51.0 Å². The van der Waals surface area contributed by atoms with Gasteiger partial charge in [-0.15, -0.1) is 12.3 Å². The normalized spacial score (nSPS) is 11.2. The summed E-state index contributed by atoms with van der Waals surface area (Å²) in [5.41, 5.74) is 0.793. The van der Waals surface area contributed by atoms with Crippen LogP contribution in [-0.2, 0) is 4.79 Å². The highest BCUT2D eigenvalue weighted by Gasteiger charge is 2.29. The lowest BCUT2D eigenvalue weighted by atomic mass is 10.3.